The van der Waals surface area contributed by atoms with Gasteiger partial charge in [-0.1, -0.05) is 36.4 Å². The van der Waals surface area contributed by atoms with E-state index < -0.39 is 7.12 Å². The van der Waals surface area contributed by atoms with Gasteiger partial charge >= 0.3 is 7.12 Å². The summed E-state index contributed by atoms with van der Waals surface area (Å²) < 4.78 is 6.06. The van der Waals surface area contributed by atoms with Gasteiger partial charge in [-0.25, -0.2) is 0 Å². The summed E-state index contributed by atoms with van der Waals surface area (Å²) in [5.41, 5.74) is 4.16. The Labute approximate surface area is 130 Å². The highest BCUT2D eigenvalue weighted by molar-refractivity contribution is 6.59. The maximum atomic E-state index is 9.63. The molecule has 4 heteroatoms. The van der Waals surface area contributed by atoms with E-state index in [9.17, 15) is 10.0 Å². The van der Waals surface area contributed by atoms with Gasteiger partial charge in [-0.15, -0.1) is 0 Å². The van der Waals surface area contributed by atoms with Gasteiger partial charge in [0.25, 0.3) is 0 Å². The third kappa shape index (κ3) is 2.23. The molecule has 0 saturated heterocycles. The second-order valence-corrected chi connectivity index (χ2v) is 6.34. The molecule has 2 aliphatic rings. The fourth-order valence-corrected chi connectivity index (χ4v) is 4.10. The number of ether oxygens (including phenoxy) is 1. The van der Waals surface area contributed by atoms with Gasteiger partial charge in [0, 0.05) is 5.56 Å². The van der Waals surface area contributed by atoms with Crippen LogP contribution in [0.25, 0.3) is 0 Å². The van der Waals surface area contributed by atoms with Crippen LogP contribution >= 0.6 is 0 Å². The summed E-state index contributed by atoms with van der Waals surface area (Å²) >= 11 is 0. The van der Waals surface area contributed by atoms with Gasteiger partial charge in [-0.3, -0.25) is 0 Å². The average molecular weight is 294 g/mol. The molecule has 0 radical (unpaired) electrons. The van der Waals surface area contributed by atoms with Crippen LogP contribution in [0.4, 0.5) is 0 Å². The lowest BCUT2D eigenvalue weighted by Crippen LogP contribution is -2.34. The zero-order valence-electron chi connectivity index (χ0n) is 12.4. The molecule has 1 fully saturated rings. The van der Waals surface area contributed by atoms with Crippen LogP contribution in [-0.4, -0.2) is 17.2 Å². The van der Waals surface area contributed by atoms with Crippen LogP contribution in [0.15, 0.2) is 42.5 Å². The maximum absolute atomic E-state index is 9.63. The Balaban J connectivity index is 1.67. The molecule has 0 heterocycles. The highest BCUT2D eigenvalue weighted by atomic mass is 16.5. The molecule has 2 aromatic rings. The Morgan fingerprint density at radius 2 is 1.68 bits per heavy atom. The van der Waals surface area contributed by atoms with Gasteiger partial charge in [0.2, 0.25) is 0 Å². The molecule has 112 valence electrons. The molecule has 0 spiro atoms. The fourth-order valence-electron chi connectivity index (χ4n) is 4.10. The second kappa shape index (κ2) is 5.45. The van der Waals surface area contributed by atoms with Crippen LogP contribution < -0.4 is 10.2 Å². The van der Waals surface area contributed by atoms with E-state index in [1.165, 1.54) is 12.0 Å². The van der Waals surface area contributed by atoms with Crippen LogP contribution in [0, 0.1) is 0 Å². The van der Waals surface area contributed by atoms with Crippen molar-refractivity contribution in [1.82, 2.24) is 0 Å². The first-order chi connectivity index (χ1) is 10.7. The van der Waals surface area contributed by atoms with Crippen LogP contribution in [0.5, 0.6) is 5.75 Å². The molecule has 2 N–H and O–H groups in total. The zero-order chi connectivity index (χ0) is 15.1. The number of hydrogen-bond donors (Lipinski definition) is 2. The molecular weight excluding hydrogens is 275 g/mol. The van der Waals surface area contributed by atoms with Crippen LogP contribution in [0.3, 0.4) is 0 Å². The minimum absolute atomic E-state index is 0.470. The molecule has 0 aromatic heterocycles. The van der Waals surface area contributed by atoms with Crippen molar-refractivity contribution in [3.8, 4) is 5.75 Å². The molecule has 2 aromatic carbocycles. The number of fused-ring (bicyclic) bond motifs is 5. The van der Waals surface area contributed by atoms with E-state index in [1.54, 1.807) is 0 Å². The lowest BCUT2D eigenvalue weighted by molar-refractivity contribution is 0.301. The molecule has 1 saturated carbocycles. The van der Waals surface area contributed by atoms with E-state index in [4.69, 9.17) is 4.74 Å². The molecule has 2 atom stereocenters. The number of benzene rings is 2. The minimum atomic E-state index is -1.39. The predicted octanol–water partition coefficient (Wildman–Crippen LogP) is 2.31. The van der Waals surface area contributed by atoms with Crippen molar-refractivity contribution < 1.29 is 14.8 Å². The maximum Gasteiger partial charge on any atom is 0.488 e. The summed E-state index contributed by atoms with van der Waals surface area (Å²) in [6.45, 7) is 0.547. The molecular formula is C18H19BO3. The molecule has 4 rings (SSSR count). The summed E-state index contributed by atoms with van der Waals surface area (Å²) in [5, 5.41) is 19.3. The molecule has 22 heavy (non-hydrogen) atoms. The third-order valence-electron chi connectivity index (χ3n) is 5.05. The second-order valence-electron chi connectivity index (χ2n) is 6.34. The predicted molar refractivity (Wildman–Crippen MR) is 86.4 cm³/mol. The van der Waals surface area contributed by atoms with Crippen LogP contribution in [0.1, 0.15) is 47.8 Å². The van der Waals surface area contributed by atoms with Gasteiger partial charge in [-0.2, -0.15) is 0 Å². The molecule has 3 nitrogen and oxygen atoms in total. The number of hydrogen-bond acceptors (Lipinski definition) is 3. The lowest BCUT2D eigenvalue weighted by Gasteiger charge is -2.22. The normalized spacial score (nSPS) is 21.7. The van der Waals surface area contributed by atoms with Crippen molar-refractivity contribution in [1.29, 1.82) is 0 Å². The quantitative estimate of drug-likeness (QED) is 0.851. The van der Waals surface area contributed by atoms with E-state index in [1.807, 2.05) is 30.3 Å². The SMILES string of the molecule is OB(O)c1ccc(OCc2ccccc2)c2c1C1CCC2C1. The van der Waals surface area contributed by atoms with E-state index >= 15 is 0 Å². The van der Waals surface area contributed by atoms with E-state index in [0.29, 0.717) is 23.9 Å². The highest BCUT2D eigenvalue weighted by Crippen LogP contribution is 2.55. The third-order valence-corrected chi connectivity index (χ3v) is 5.05. The first-order valence-corrected chi connectivity index (χ1v) is 7.93. The van der Waals surface area contributed by atoms with Gasteiger partial charge in [0.15, 0.2) is 0 Å². The topological polar surface area (TPSA) is 49.7 Å². The fraction of sp³-hybridized carbons (Fsp3) is 0.333. The highest BCUT2D eigenvalue weighted by Gasteiger charge is 2.42. The molecule has 2 bridgehead atoms. The summed E-state index contributed by atoms with van der Waals surface area (Å²) in [6, 6.07) is 13.8. The standard InChI is InChI=1S/C18H19BO3/c20-19(21)15-8-9-16(22-11-12-4-2-1-3-5-12)18-14-7-6-13(10-14)17(15)18/h1-5,8-9,13-14,20-21H,6-7,10-11H2. The van der Waals surface area contributed by atoms with Crippen molar-refractivity contribution in [3.05, 3.63) is 59.2 Å². The van der Waals surface area contributed by atoms with E-state index in [0.717, 1.165) is 29.7 Å². The van der Waals surface area contributed by atoms with Crippen molar-refractivity contribution in [2.75, 3.05) is 0 Å². The van der Waals surface area contributed by atoms with E-state index in [-0.39, 0.29) is 0 Å². The monoisotopic (exact) mass is 294 g/mol. The minimum Gasteiger partial charge on any atom is -0.489 e. The largest absolute Gasteiger partial charge is 0.489 e. The van der Waals surface area contributed by atoms with Crippen LogP contribution in [-0.2, 0) is 6.61 Å². The Morgan fingerprint density at radius 1 is 0.955 bits per heavy atom. The molecule has 2 unspecified atom stereocenters. The van der Waals surface area contributed by atoms with Crippen molar-refractivity contribution in [3.63, 3.8) is 0 Å². The van der Waals surface area contributed by atoms with Crippen molar-refractivity contribution in [2.45, 2.75) is 37.7 Å². The average Bonchev–Trinajstić information content (AvgIpc) is 3.15. The summed E-state index contributed by atoms with van der Waals surface area (Å²) in [4.78, 5) is 0. The Bertz CT molecular complexity index is 684. The Morgan fingerprint density at radius 3 is 2.41 bits per heavy atom. The molecule has 0 amide bonds. The zero-order valence-corrected chi connectivity index (χ0v) is 12.4. The first kappa shape index (κ1) is 13.9. The summed E-state index contributed by atoms with van der Waals surface area (Å²) in [6.07, 6.45) is 3.46. The van der Waals surface area contributed by atoms with Gasteiger partial charge in [0.05, 0.1) is 0 Å². The smallest absolute Gasteiger partial charge is 0.488 e. The summed E-state index contributed by atoms with van der Waals surface area (Å²) in [7, 11) is -1.39. The summed E-state index contributed by atoms with van der Waals surface area (Å²) in [5.74, 6) is 1.90. The number of rotatable bonds is 4. The Hall–Kier alpha value is -1.78. The van der Waals surface area contributed by atoms with E-state index in [2.05, 4.69) is 12.1 Å². The molecule has 0 aliphatic heterocycles. The van der Waals surface area contributed by atoms with Crippen molar-refractivity contribution >= 4 is 12.6 Å². The molecule has 2 aliphatic carbocycles. The van der Waals surface area contributed by atoms with Gasteiger partial charge in [-0.05, 0) is 53.8 Å². The van der Waals surface area contributed by atoms with Crippen molar-refractivity contribution in [2.24, 2.45) is 0 Å². The Kier molecular flexibility index (Phi) is 3.43. The van der Waals surface area contributed by atoms with Gasteiger partial charge in [0.1, 0.15) is 12.4 Å². The van der Waals surface area contributed by atoms with Crippen LogP contribution in [0.2, 0.25) is 0 Å². The first-order valence-electron chi connectivity index (χ1n) is 7.93. The van der Waals surface area contributed by atoms with Gasteiger partial charge < -0.3 is 14.8 Å². The lowest BCUT2D eigenvalue weighted by atomic mass is 9.72.